The molecule has 5 heteroatoms. The van der Waals surface area contributed by atoms with Gasteiger partial charge in [0, 0.05) is 24.4 Å². The first-order valence-corrected chi connectivity index (χ1v) is 7.21. The van der Waals surface area contributed by atoms with Gasteiger partial charge in [0.05, 0.1) is 0 Å². The van der Waals surface area contributed by atoms with E-state index in [4.69, 9.17) is 5.11 Å². The number of hydrogen-bond acceptors (Lipinski definition) is 3. The summed E-state index contributed by atoms with van der Waals surface area (Å²) < 4.78 is 0. The quantitative estimate of drug-likeness (QED) is 0.698. The van der Waals surface area contributed by atoms with Crippen LogP contribution in [0.3, 0.4) is 0 Å². The van der Waals surface area contributed by atoms with Crippen LogP contribution in [0.5, 0.6) is 0 Å². The Morgan fingerprint density at radius 1 is 1.47 bits per heavy atom. The minimum absolute atomic E-state index is 0.0848. The average Bonchev–Trinajstić information content (AvgIpc) is 2.98. The number of nitrogens with zero attached hydrogens (tertiary/aromatic N) is 1. The fraction of sp³-hybridized carbons (Fsp3) is 0.714. The van der Waals surface area contributed by atoms with Crippen molar-refractivity contribution < 1.29 is 9.90 Å². The van der Waals surface area contributed by atoms with Crippen LogP contribution in [0.1, 0.15) is 54.4 Å². The molecule has 3 N–H and O–H groups in total. The number of aryl methyl sites for hydroxylation is 1. The van der Waals surface area contributed by atoms with E-state index in [2.05, 4.69) is 22.4 Å². The molecule has 106 valence electrons. The Kier molecular flexibility index (Phi) is 4.96. The Morgan fingerprint density at radius 3 is 3.05 bits per heavy atom. The van der Waals surface area contributed by atoms with Crippen LogP contribution in [-0.2, 0) is 12.8 Å². The van der Waals surface area contributed by atoms with Gasteiger partial charge in [-0.05, 0) is 38.0 Å². The second kappa shape index (κ2) is 6.70. The predicted octanol–water partition coefficient (Wildman–Crippen LogP) is 1.43. The van der Waals surface area contributed by atoms with E-state index >= 15 is 0 Å². The largest absolute Gasteiger partial charge is 0.396 e. The third-order valence-electron chi connectivity index (χ3n) is 3.81. The third kappa shape index (κ3) is 3.35. The van der Waals surface area contributed by atoms with E-state index in [1.54, 1.807) is 0 Å². The highest BCUT2D eigenvalue weighted by Crippen LogP contribution is 2.22. The molecule has 1 aromatic rings. The van der Waals surface area contributed by atoms with E-state index in [0.717, 1.165) is 49.8 Å². The second-order valence-corrected chi connectivity index (χ2v) is 5.26. The van der Waals surface area contributed by atoms with E-state index in [1.807, 2.05) is 0 Å². The van der Waals surface area contributed by atoms with Crippen molar-refractivity contribution >= 4 is 5.91 Å². The van der Waals surface area contributed by atoms with Crippen LogP contribution in [0.4, 0.5) is 0 Å². The number of amides is 1. The first-order valence-electron chi connectivity index (χ1n) is 7.21. The van der Waals surface area contributed by atoms with Crippen molar-refractivity contribution in [1.82, 2.24) is 15.5 Å². The van der Waals surface area contributed by atoms with Crippen molar-refractivity contribution in [1.29, 1.82) is 0 Å². The molecule has 0 saturated carbocycles. The molecule has 2 rings (SSSR count). The summed E-state index contributed by atoms with van der Waals surface area (Å²) in [5.74, 6) is 0.268. The van der Waals surface area contributed by atoms with Gasteiger partial charge in [-0.15, -0.1) is 0 Å². The van der Waals surface area contributed by atoms with Crippen LogP contribution in [0.25, 0.3) is 0 Å². The first-order chi connectivity index (χ1) is 9.26. The van der Waals surface area contributed by atoms with Gasteiger partial charge >= 0.3 is 0 Å². The van der Waals surface area contributed by atoms with Crippen LogP contribution in [0.2, 0.25) is 0 Å². The normalized spacial score (nSPS) is 15.3. The standard InChI is InChI=1S/C14H23N3O2/c1-2-4-10(7-8-18)9-15-14(19)13-11-5-3-6-12(11)16-17-13/h10,18H,2-9H2,1H3,(H,15,19)(H,16,17). The summed E-state index contributed by atoms with van der Waals surface area (Å²) in [7, 11) is 0. The number of carbonyl (C=O) groups is 1. The minimum atomic E-state index is -0.0848. The number of aliphatic hydroxyl groups is 1. The molecule has 5 nitrogen and oxygen atoms in total. The summed E-state index contributed by atoms with van der Waals surface area (Å²) >= 11 is 0. The summed E-state index contributed by atoms with van der Waals surface area (Å²) in [6.07, 6.45) is 5.89. The molecular weight excluding hydrogens is 242 g/mol. The summed E-state index contributed by atoms with van der Waals surface area (Å²) in [4.78, 5) is 12.1. The first kappa shape index (κ1) is 14.1. The zero-order valence-electron chi connectivity index (χ0n) is 11.5. The molecule has 0 radical (unpaired) electrons. The highest BCUT2D eigenvalue weighted by atomic mass is 16.3. The van der Waals surface area contributed by atoms with Gasteiger partial charge in [0.1, 0.15) is 0 Å². The molecule has 0 spiro atoms. The van der Waals surface area contributed by atoms with Gasteiger partial charge in [0.15, 0.2) is 5.69 Å². The average molecular weight is 265 g/mol. The highest BCUT2D eigenvalue weighted by molar-refractivity contribution is 5.94. The smallest absolute Gasteiger partial charge is 0.272 e. The number of hydrogen-bond donors (Lipinski definition) is 3. The van der Waals surface area contributed by atoms with Crippen molar-refractivity contribution in [3.05, 3.63) is 17.0 Å². The van der Waals surface area contributed by atoms with Crippen LogP contribution in [-0.4, -0.2) is 34.4 Å². The third-order valence-corrected chi connectivity index (χ3v) is 3.81. The molecule has 0 aromatic carbocycles. The summed E-state index contributed by atoms with van der Waals surface area (Å²) in [5.41, 5.74) is 2.77. The number of rotatable bonds is 7. The number of aromatic nitrogens is 2. The molecule has 19 heavy (non-hydrogen) atoms. The van der Waals surface area contributed by atoms with E-state index in [-0.39, 0.29) is 12.5 Å². The molecule has 1 heterocycles. The summed E-state index contributed by atoms with van der Waals surface area (Å²) in [6.45, 7) is 2.92. The molecular formula is C14H23N3O2. The number of nitrogens with one attached hydrogen (secondary N) is 2. The second-order valence-electron chi connectivity index (χ2n) is 5.26. The van der Waals surface area contributed by atoms with E-state index in [1.165, 1.54) is 0 Å². The Morgan fingerprint density at radius 2 is 2.32 bits per heavy atom. The zero-order chi connectivity index (χ0) is 13.7. The van der Waals surface area contributed by atoms with Crippen LogP contribution >= 0.6 is 0 Å². The van der Waals surface area contributed by atoms with Gasteiger partial charge in [-0.3, -0.25) is 9.89 Å². The Hall–Kier alpha value is -1.36. The maximum atomic E-state index is 12.1. The fourth-order valence-electron chi connectivity index (χ4n) is 2.77. The lowest BCUT2D eigenvalue weighted by molar-refractivity contribution is 0.0937. The molecule has 1 aromatic heterocycles. The Labute approximate surface area is 113 Å². The van der Waals surface area contributed by atoms with Crippen molar-refractivity contribution in [3.63, 3.8) is 0 Å². The minimum Gasteiger partial charge on any atom is -0.396 e. The number of aliphatic hydroxyl groups excluding tert-OH is 1. The van der Waals surface area contributed by atoms with Gasteiger partial charge in [0.25, 0.3) is 5.91 Å². The number of aromatic amines is 1. The van der Waals surface area contributed by atoms with Gasteiger partial charge in [0.2, 0.25) is 0 Å². The van der Waals surface area contributed by atoms with E-state index < -0.39 is 0 Å². The van der Waals surface area contributed by atoms with Gasteiger partial charge < -0.3 is 10.4 Å². The van der Waals surface area contributed by atoms with Crippen molar-refractivity contribution in [2.75, 3.05) is 13.2 Å². The maximum Gasteiger partial charge on any atom is 0.272 e. The lowest BCUT2D eigenvalue weighted by atomic mass is 10.00. The van der Waals surface area contributed by atoms with E-state index in [9.17, 15) is 4.79 Å². The van der Waals surface area contributed by atoms with Crippen LogP contribution < -0.4 is 5.32 Å². The Balaban J connectivity index is 1.89. The Bertz CT molecular complexity index is 422. The van der Waals surface area contributed by atoms with Crippen molar-refractivity contribution in [2.45, 2.75) is 45.4 Å². The predicted molar refractivity (Wildman–Crippen MR) is 73.0 cm³/mol. The molecule has 0 fully saturated rings. The molecule has 1 amide bonds. The topological polar surface area (TPSA) is 78.0 Å². The van der Waals surface area contributed by atoms with Gasteiger partial charge in [-0.2, -0.15) is 5.10 Å². The van der Waals surface area contributed by atoms with Gasteiger partial charge in [-0.1, -0.05) is 13.3 Å². The lowest BCUT2D eigenvalue weighted by Gasteiger charge is -2.15. The van der Waals surface area contributed by atoms with Crippen molar-refractivity contribution in [2.24, 2.45) is 5.92 Å². The fourth-order valence-corrected chi connectivity index (χ4v) is 2.77. The molecule has 1 atom stereocenters. The molecule has 0 aliphatic heterocycles. The number of carbonyl (C=O) groups excluding carboxylic acids is 1. The van der Waals surface area contributed by atoms with Crippen molar-refractivity contribution in [3.8, 4) is 0 Å². The molecule has 0 bridgehead atoms. The summed E-state index contributed by atoms with van der Waals surface area (Å²) in [6, 6.07) is 0. The molecule has 1 aliphatic carbocycles. The lowest BCUT2D eigenvalue weighted by Crippen LogP contribution is -2.30. The van der Waals surface area contributed by atoms with Crippen LogP contribution in [0.15, 0.2) is 0 Å². The van der Waals surface area contributed by atoms with Crippen LogP contribution in [0, 0.1) is 5.92 Å². The number of H-pyrrole nitrogens is 1. The molecule has 1 unspecified atom stereocenters. The highest BCUT2D eigenvalue weighted by Gasteiger charge is 2.23. The summed E-state index contributed by atoms with van der Waals surface area (Å²) in [5, 5.41) is 19.0. The van der Waals surface area contributed by atoms with Gasteiger partial charge in [-0.25, -0.2) is 0 Å². The molecule has 1 aliphatic rings. The zero-order valence-corrected chi connectivity index (χ0v) is 11.5. The maximum absolute atomic E-state index is 12.1. The molecule has 0 saturated heterocycles. The van der Waals surface area contributed by atoms with E-state index in [0.29, 0.717) is 18.2 Å². The number of fused-ring (bicyclic) bond motifs is 1. The monoisotopic (exact) mass is 265 g/mol. The SMILES string of the molecule is CCCC(CCO)CNC(=O)c1n[nH]c2c1CCC2.